The Labute approximate surface area is 82.3 Å². The molecule has 13 heavy (non-hydrogen) atoms. The molecule has 0 aromatic carbocycles. The molecular formula is C11H23NO. The highest BCUT2D eigenvalue weighted by atomic mass is 16.2. The van der Waals surface area contributed by atoms with Crippen LogP contribution < -0.4 is 0 Å². The molecule has 0 aromatic rings. The van der Waals surface area contributed by atoms with E-state index in [-0.39, 0.29) is 5.91 Å². The highest BCUT2D eigenvalue weighted by Crippen LogP contribution is 2.12. The summed E-state index contributed by atoms with van der Waals surface area (Å²) in [6, 6.07) is 0. The lowest BCUT2D eigenvalue weighted by Crippen LogP contribution is -2.31. The van der Waals surface area contributed by atoms with Gasteiger partial charge in [0.15, 0.2) is 0 Å². The van der Waals surface area contributed by atoms with Gasteiger partial charge in [0.05, 0.1) is 0 Å². The summed E-state index contributed by atoms with van der Waals surface area (Å²) >= 11 is 0. The Morgan fingerprint density at radius 3 is 2.31 bits per heavy atom. The Bertz CT molecular complexity index is 145. The van der Waals surface area contributed by atoms with Crippen LogP contribution in [0.3, 0.4) is 0 Å². The number of carbonyl (C=O) groups is 1. The van der Waals surface area contributed by atoms with Gasteiger partial charge >= 0.3 is 0 Å². The minimum atomic E-state index is 0.259. The number of hydrogen-bond donors (Lipinski definition) is 0. The first kappa shape index (κ1) is 12.5. The third-order valence-corrected chi connectivity index (χ3v) is 2.53. The first-order valence-corrected chi connectivity index (χ1v) is 5.39. The third-order valence-electron chi connectivity index (χ3n) is 2.53. The number of hydrogen-bond acceptors (Lipinski definition) is 1. The summed E-state index contributed by atoms with van der Waals surface area (Å²) in [6.07, 6.45) is 4.25. The fourth-order valence-corrected chi connectivity index (χ4v) is 1.59. The molecule has 0 aliphatic rings. The van der Waals surface area contributed by atoms with E-state index < -0.39 is 0 Å². The van der Waals surface area contributed by atoms with E-state index in [0.29, 0.717) is 12.3 Å². The van der Waals surface area contributed by atoms with Gasteiger partial charge in [0, 0.05) is 20.0 Å². The van der Waals surface area contributed by atoms with Crippen molar-refractivity contribution in [1.82, 2.24) is 4.90 Å². The average Bonchev–Trinajstić information content (AvgIpc) is 2.15. The lowest BCUT2D eigenvalue weighted by atomic mass is 10.0. The number of amides is 1. The Morgan fingerprint density at radius 1 is 1.31 bits per heavy atom. The van der Waals surface area contributed by atoms with Crippen LogP contribution in [0.5, 0.6) is 0 Å². The van der Waals surface area contributed by atoms with Gasteiger partial charge in [-0.15, -0.1) is 0 Å². The van der Waals surface area contributed by atoms with E-state index in [1.54, 1.807) is 0 Å². The topological polar surface area (TPSA) is 20.3 Å². The SMILES string of the molecule is CCCC(CC)CN(C)C(=O)CC. The third kappa shape index (κ3) is 4.91. The van der Waals surface area contributed by atoms with E-state index in [1.807, 2.05) is 18.9 Å². The summed E-state index contributed by atoms with van der Waals surface area (Å²) in [5.41, 5.74) is 0. The van der Waals surface area contributed by atoms with Crippen molar-refractivity contribution < 1.29 is 4.79 Å². The fourth-order valence-electron chi connectivity index (χ4n) is 1.59. The summed E-state index contributed by atoms with van der Waals surface area (Å²) < 4.78 is 0. The van der Waals surface area contributed by atoms with Crippen molar-refractivity contribution in [1.29, 1.82) is 0 Å². The van der Waals surface area contributed by atoms with Crippen molar-refractivity contribution in [2.75, 3.05) is 13.6 Å². The van der Waals surface area contributed by atoms with Gasteiger partial charge in [-0.25, -0.2) is 0 Å². The van der Waals surface area contributed by atoms with E-state index in [4.69, 9.17) is 0 Å². The molecular weight excluding hydrogens is 162 g/mol. The molecule has 2 nitrogen and oxygen atoms in total. The minimum absolute atomic E-state index is 0.259. The van der Waals surface area contributed by atoms with Crippen LogP contribution in [-0.2, 0) is 4.79 Å². The lowest BCUT2D eigenvalue weighted by molar-refractivity contribution is -0.130. The first-order chi connectivity index (χ1) is 6.15. The molecule has 1 amide bonds. The molecule has 0 N–H and O–H groups in total. The molecule has 0 spiro atoms. The van der Waals surface area contributed by atoms with Crippen LogP contribution in [-0.4, -0.2) is 24.4 Å². The molecule has 1 unspecified atom stereocenters. The van der Waals surface area contributed by atoms with Crippen molar-refractivity contribution in [2.45, 2.75) is 46.5 Å². The van der Waals surface area contributed by atoms with E-state index in [9.17, 15) is 4.79 Å². The van der Waals surface area contributed by atoms with E-state index in [0.717, 1.165) is 6.54 Å². The summed E-state index contributed by atoms with van der Waals surface area (Å²) in [6.45, 7) is 7.24. The predicted octanol–water partition coefficient (Wildman–Crippen LogP) is 2.68. The van der Waals surface area contributed by atoms with Crippen molar-refractivity contribution in [3.63, 3.8) is 0 Å². The highest BCUT2D eigenvalue weighted by molar-refractivity contribution is 5.75. The smallest absolute Gasteiger partial charge is 0.222 e. The molecule has 0 aliphatic carbocycles. The van der Waals surface area contributed by atoms with Crippen LogP contribution >= 0.6 is 0 Å². The summed E-state index contributed by atoms with van der Waals surface area (Å²) in [7, 11) is 1.91. The number of carbonyl (C=O) groups excluding carboxylic acids is 1. The number of nitrogens with zero attached hydrogens (tertiary/aromatic N) is 1. The molecule has 2 heteroatoms. The summed E-state index contributed by atoms with van der Waals surface area (Å²) in [5.74, 6) is 0.944. The standard InChI is InChI=1S/C11H23NO/c1-5-8-10(6-2)9-12(4)11(13)7-3/h10H,5-9H2,1-4H3. The maximum atomic E-state index is 11.3. The van der Waals surface area contributed by atoms with E-state index in [2.05, 4.69) is 13.8 Å². The lowest BCUT2D eigenvalue weighted by Gasteiger charge is -2.22. The van der Waals surface area contributed by atoms with Gasteiger partial charge in [0.2, 0.25) is 5.91 Å². The van der Waals surface area contributed by atoms with Gasteiger partial charge in [0.1, 0.15) is 0 Å². The Hall–Kier alpha value is -0.530. The van der Waals surface area contributed by atoms with Crippen LogP contribution in [0.2, 0.25) is 0 Å². The second kappa shape index (κ2) is 6.93. The Morgan fingerprint density at radius 2 is 1.92 bits per heavy atom. The van der Waals surface area contributed by atoms with Gasteiger partial charge in [-0.1, -0.05) is 33.6 Å². The van der Waals surface area contributed by atoms with Crippen molar-refractivity contribution in [3.8, 4) is 0 Å². The number of rotatable bonds is 6. The molecule has 0 saturated heterocycles. The monoisotopic (exact) mass is 185 g/mol. The van der Waals surface area contributed by atoms with Gasteiger partial charge in [-0.05, 0) is 12.3 Å². The minimum Gasteiger partial charge on any atom is -0.345 e. The normalized spacial score (nSPS) is 12.6. The Kier molecular flexibility index (Phi) is 6.65. The van der Waals surface area contributed by atoms with Crippen LogP contribution in [0.15, 0.2) is 0 Å². The van der Waals surface area contributed by atoms with Crippen LogP contribution in [0.25, 0.3) is 0 Å². The molecule has 0 saturated carbocycles. The van der Waals surface area contributed by atoms with Crippen LogP contribution in [0.1, 0.15) is 46.5 Å². The second-order valence-electron chi connectivity index (χ2n) is 3.69. The van der Waals surface area contributed by atoms with Gasteiger partial charge < -0.3 is 4.90 Å². The zero-order chi connectivity index (χ0) is 10.3. The fraction of sp³-hybridized carbons (Fsp3) is 0.909. The molecule has 0 rings (SSSR count). The van der Waals surface area contributed by atoms with Crippen LogP contribution in [0, 0.1) is 5.92 Å². The van der Waals surface area contributed by atoms with E-state index in [1.165, 1.54) is 19.3 Å². The molecule has 0 aromatic heterocycles. The quantitative estimate of drug-likeness (QED) is 0.623. The summed E-state index contributed by atoms with van der Waals surface area (Å²) in [4.78, 5) is 13.2. The zero-order valence-corrected chi connectivity index (χ0v) is 9.47. The van der Waals surface area contributed by atoms with Crippen molar-refractivity contribution in [2.24, 2.45) is 5.92 Å². The molecule has 0 aliphatic heterocycles. The largest absolute Gasteiger partial charge is 0.345 e. The molecule has 0 fully saturated rings. The molecule has 78 valence electrons. The first-order valence-electron chi connectivity index (χ1n) is 5.39. The van der Waals surface area contributed by atoms with Crippen molar-refractivity contribution >= 4 is 5.91 Å². The van der Waals surface area contributed by atoms with E-state index >= 15 is 0 Å². The molecule has 1 atom stereocenters. The highest BCUT2D eigenvalue weighted by Gasteiger charge is 2.11. The maximum Gasteiger partial charge on any atom is 0.222 e. The average molecular weight is 185 g/mol. The van der Waals surface area contributed by atoms with Crippen molar-refractivity contribution in [3.05, 3.63) is 0 Å². The molecule has 0 heterocycles. The Balaban J connectivity index is 3.85. The predicted molar refractivity (Wildman–Crippen MR) is 56.6 cm³/mol. The molecule has 0 radical (unpaired) electrons. The van der Waals surface area contributed by atoms with Crippen LogP contribution in [0.4, 0.5) is 0 Å². The van der Waals surface area contributed by atoms with Gasteiger partial charge in [-0.3, -0.25) is 4.79 Å². The summed E-state index contributed by atoms with van der Waals surface area (Å²) in [5, 5.41) is 0. The molecule has 0 bridgehead atoms. The second-order valence-corrected chi connectivity index (χ2v) is 3.69. The van der Waals surface area contributed by atoms with Gasteiger partial charge in [-0.2, -0.15) is 0 Å². The zero-order valence-electron chi connectivity index (χ0n) is 9.47. The maximum absolute atomic E-state index is 11.3. The van der Waals surface area contributed by atoms with Gasteiger partial charge in [0.25, 0.3) is 0 Å².